The molecule has 1 aliphatic heterocycles. The molecule has 3 heterocycles. The molecule has 1 fully saturated rings. The zero-order valence-corrected chi connectivity index (χ0v) is 21.9. The number of hydrogen-bond donors (Lipinski definition) is 1. The number of Topliss-reactive ketones (excluding diaryl/α,β-unsaturated/α-hetero) is 1. The van der Waals surface area contributed by atoms with Gasteiger partial charge < -0.3 is 10.2 Å². The number of aryl methyl sites for hydroxylation is 1. The van der Waals surface area contributed by atoms with E-state index in [0.717, 1.165) is 22.4 Å². The summed E-state index contributed by atoms with van der Waals surface area (Å²) >= 11 is 0. The molecule has 8 nitrogen and oxygen atoms in total. The van der Waals surface area contributed by atoms with Gasteiger partial charge in [-0.1, -0.05) is 30.3 Å². The number of rotatable bonds is 7. The minimum absolute atomic E-state index is 0.0623. The molecule has 0 bridgehead atoms. The molecule has 0 unspecified atom stereocenters. The topological polar surface area (TPSA) is 108 Å². The minimum Gasteiger partial charge on any atom is -0.338 e. The molecule has 0 saturated carbocycles. The number of nitrogens with one attached hydrogen (secondary N) is 1. The van der Waals surface area contributed by atoms with E-state index in [9.17, 15) is 18.8 Å². The van der Waals surface area contributed by atoms with Crippen molar-refractivity contribution in [1.82, 2.24) is 19.9 Å². The number of fused-ring (bicyclic) bond motifs is 1. The van der Waals surface area contributed by atoms with Gasteiger partial charge in [0.15, 0.2) is 11.6 Å². The second-order valence-electron chi connectivity index (χ2n) is 10.3. The number of benzene rings is 2. The molecule has 0 aliphatic carbocycles. The van der Waals surface area contributed by atoms with Crippen LogP contribution in [0.5, 0.6) is 0 Å². The molecule has 4 aromatic rings. The number of halogens is 2. The Balaban J connectivity index is 1.40. The van der Waals surface area contributed by atoms with E-state index in [2.05, 4.69) is 31.3 Å². The van der Waals surface area contributed by atoms with E-state index >= 15 is 0 Å². The van der Waals surface area contributed by atoms with Crippen molar-refractivity contribution in [2.75, 3.05) is 23.3 Å². The highest BCUT2D eigenvalue weighted by molar-refractivity contribution is 5.98. The van der Waals surface area contributed by atoms with Crippen LogP contribution in [0.25, 0.3) is 11.0 Å². The zero-order valence-electron chi connectivity index (χ0n) is 21.9. The maximum atomic E-state index is 13.8. The molecule has 1 N–H and O–H groups in total. The predicted molar refractivity (Wildman–Crippen MR) is 144 cm³/mol. The van der Waals surface area contributed by atoms with Crippen LogP contribution < -0.4 is 10.2 Å². The summed E-state index contributed by atoms with van der Waals surface area (Å²) in [6.45, 7) is 5.30. The van der Waals surface area contributed by atoms with Gasteiger partial charge in [0.2, 0.25) is 5.95 Å². The number of carbonyl (C=O) groups is 1. The van der Waals surface area contributed by atoms with E-state index in [1.165, 1.54) is 17.4 Å². The Morgan fingerprint density at radius 3 is 2.74 bits per heavy atom. The van der Waals surface area contributed by atoms with Crippen molar-refractivity contribution in [2.24, 2.45) is 0 Å². The molecule has 39 heavy (non-hydrogen) atoms. The molecule has 2 aromatic carbocycles. The maximum absolute atomic E-state index is 13.8. The summed E-state index contributed by atoms with van der Waals surface area (Å²) in [5, 5.41) is 12.7. The number of anilines is 3. The van der Waals surface area contributed by atoms with E-state index in [0.29, 0.717) is 22.4 Å². The Morgan fingerprint density at radius 1 is 1.18 bits per heavy atom. The third kappa shape index (κ3) is 5.53. The van der Waals surface area contributed by atoms with Crippen LogP contribution in [0.15, 0.2) is 55.0 Å². The SMILES string of the molecule is Cc1ccc(CC(=O)c2cccc(C(C)(C)C#N)c2)cc1Nc1ncnc2cnc(N3CCC(F)(F)C3)nc12. The van der Waals surface area contributed by atoms with Gasteiger partial charge in [0.05, 0.1) is 24.2 Å². The molecule has 10 heteroatoms. The molecule has 1 aliphatic rings. The maximum Gasteiger partial charge on any atom is 0.267 e. The van der Waals surface area contributed by atoms with Gasteiger partial charge in [0.25, 0.3) is 5.92 Å². The summed E-state index contributed by atoms with van der Waals surface area (Å²) in [4.78, 5) is 31.9. The van der Waals surface area contributed by atoms with Gasteiger partial charge in [0.1, 0.15) is 17.4 Å². The second kappa shape index (κ2) is 9.98. The predicted octanol–water partition coefficient (Wildman–Crippen LogP) is 5.54. The summed E-state index contributed by atoms with van der Waals surface area (Å²) in [6.07, 6.45) is 2.82. The lowest BCUT2D eigenvalue weighted by Gasteiger charge is -2.17. The fraction of sp³-hybridized carbons (Fsp3) is 0.310. The van der Waals surface area contributed by atoms with E-state index in [-0.39, 0.29) is 31.1 Å². The average molecular weight is 528 g/mol. The number of nitrogens with zero attached hydrogens (tertiary/aromatic N) is 6. The smallest absolute Gasteiger partial charge is 0.267 e. The quantitative estimate of drug-likeness (QED) is 0.312. The third-order valence-corrected chi connectivity index (χ3v) is 6.92. The van der Waals surface area contributed by atoms with E-state index in [4.69, 9.17) is 0 Å². The lowest BCUT2D eigenvalue weighted by molar-refractivity contribution is 0.0256. The van der Waals surface area contributed by atoms with Crippen molar-refractivity contribution in [3.63, 3.8) is 0 Å². The molecule has 5 rings (SSSR count). The van der Waals surface area contributed by atoms with Gasteiger partial charge in [-0.2, -0.15) is 5.26 Å². The summed E-state index contributed by atoms with van der Waals surface area (Å²) in [7, 11) is 0. The van der Waals surface area contributed by atoms with Gasteiger partial charge in [0, 0.05) is 30.6 Å². The lowest BCUT2D eigenvalue weighted by atomic mass is 9.85. The van der Waals surface area contributed by atoms with Crippen LogP contribution in [0.1, 0.15) is 47.3 Å². The molecule has 0 amide bonds. The Hall–Kier alpha value is -4.52. The molecule has 198 valence electrons. The Bertz CT molecular complexity index is 1610. The van der Waals surface area contributed by atoms with Crippen molar-refractivity contribution in [1.29, 1.82) is 5.26 Å². The van der Waals surface area contributed by atoms with Crippen molar-refractivity contribution in [2.45, 2.75) is 45.0 Å². The highest BCUT2D eigenvalue weighted by atomic mass is 19.3. The lowest BCUT2D eigenvalue weighted by Crippen LogP contribution is -2.26. The first-order valence-electron chi connectivity index (χ1n) is 12.6. The number of carbonyl (C=O) groups excluding carboxylic acids is 1. The average Bonchev–Trinajstić information content (AvgIpc) is 3.30. The number of nitriles is 1. The molecular formula is C29H27F2N7O. The van der Waals surface area contributed by atoms with Crippen LogP contribution in [0, 0.1) is 18.3 Å². The number of alkyl halides is 2. The van der Waals surface area contributed by atoms with Gasteiger partial charge in [-0.15, -0.1) is 0 Å². The molecular weight excluding hydrogens is 500 g/mol. The molecule has 1 saturated heterocycles. The zero-order chi connectivity index (χ0) is 27.8. The van der Waals surface area contributed by atoms with Gasteiger partial charge in [-0.05, 0) is 49.6 Å². The second-order valence-corrected chi connectivity index (χ2v) is 10.3. The van der Waals surface area contributed by atoms with Crippen LogP contribution in [0.3, 0.4) is 0 Å². The summed E-state index contributed by atoms with van der Waals surface area (Å²) in [5.74, 6) is -2.22. The van der Waals surface area contributed by atoms with Crippen LogP contribution in [0.2, 0.25) is 0 Å². The Kier molecular flexibility index (Phi) is 6.68. The van der Waals surface area contributed by atoms with Crippen molar-refractivity contribution in [3.8, 4) is 6.07 Å². The molecule has 2 aromatic heterocycles. The van der Waals surface area contributed by atoms with Crippen molar-refractivity contribution >= 4 is 34.3 Å². The van der Waals surface area contributed by atoms with Crippen molar-refractivity contribution in [3.05, 3.63) is 77.2 Å². The van der Waals surface area contributed by atoms with Crippen molar-refractivity contribution < 1.29 is 13.6 Å². The highest BCUT2D eigenvalue weighted by Gasteiger charge is 2.39. The van der Waals surface area contributed by atoms with E-state index in [1.54, 1.807) is 18.2 Å². The van der Waals surface area contributed by atoms with Crippen LogP contribution in [0.4, 0.5) is 26.2 Å². The number of ketones is 1. The monoisotopic (exact) mass is 527 g/mol. The first-order chi connectivity index (χ1) is 18.5. The highest BCUT2D eigenvalue weighted by Crippen LogP contribution is 2.31. The minimum atomic E-state index is -2.77. The molecule has 0 spiro atoms. The summed E-state index contributed by atoms with van der Waals surface area (Å²) < 4.78 is 27.5. The first-order valence-corrected chi connectivity index (χ1v) is 12.6. The van der Waals surface area contributed by atoms with Crippen LogP contribution >= 0.6 is 0 Å². The fourth-order valence-corrected chi connectivity index (χ4v) is 4.47. The number of aromatic nitrogens is 4. The standard InChI is InChI=1S/C29H27F2N7O/c1-18-7-8-19(12-24(39)20-5-4-6-21(13-20)28(2,3)15-32)11-22(18)36-26-25-23(34-17-35-26)14-33-27(37-25)38-10-9-29(30,31)16-38/h4-8,11,13-14,17H,9-10,12,16H2,1-3H3,(H,34,35,36). The number of hydrogen-bond acceptors (Lipinski definition) is 8. The van der Waals surface area contributed by atoms with Gasteiger partial charge >= 0.3 is 0 Å². The molecule has 0 atom stereocenters. The van der Waals surface area contributed by atoms with Gasteiger partial charge in [-0.25, -0.2) is 28.7 Å². The largest absolute Gasteiger partial charge is 0.338 e. The van der Waals surface area contributed by atoms with Gasteiger partial charge in [-0.3, -0.25) is 4.79 Å². The Labute approximate surface area is 224 Å². The van der Waals surface area contributed by atoms with E-state index in [1.807, 2.05) is 45.0 Å². The Morgan fingerprint density at radius 2 is 2.00 bits per heavy atom. The van der Waals surface area contributed by atoms with Crippen LogP contribution in [-0.4, -0.2) is 44.7 Å². The summed E-state index contributed by atoms with van der Waals surface area (Å²) in [6, 6.07) is 15.1. The fourth-order valence-electron chi connectivity index (χ4n) is 4.47. The van der Waals surface area contributed by atoms with E-state index < -0.39 is 17.9 Å². The van der Waals surface area contributed by atoms with Crippen LogP contribution in [-0.2, 0) is 11.8 Å². The normalized spacial score (nSPS) is 14.8. The molecule has 0 radical (unpaired) electrons. The first kappa shape index (κ1) is 26.1. The summed E-state index contributed by atoms with van der Waals surface area (Å²) in [5.41, 5.74) is 3.97. The third-order valence-electron chi connectivity index (χ3n) is 6.92.